The Morgan fingerprint density at radius 3 is 2.38 bits per heavy atom. The Morgan fingerprint density at radius 2 is 1.81 bits per heavy atom. The molecule has 0 aromatic heterocycles. The molecule has 126 valence electrons. The number of hydrogen-bond donors (Lipinski definition) is 2. The second-order valence-corrected chi connectivity index (χ2v) is 8.63. The molecule has 21 heavy (non-hydrogen) atoms. The van der Waals surface area contributed by atoms with Crippen molar-refractivity contribution < 1.29 is 8.42 Å². The average molecular weight is 320 g/mol. The number of rotatable bonds is 8. The molecule has 0 spiro atoms. The third-order valence-electron chi connectivity index (χ3n) is 3.82. The maximum atomic E-state index is 12.6. The van der Waals surface area contributed by atoms with E-state index < -0.39 is 10.2 Å². The zero-order valence-corrected chi connectivity index (χ0v) is 15.0. The Kier molecular flexibility index (Phi) is 7.60. The summed E-state index contributed by atoms with van der Waals surface area (Å²) < 4.78 is 29.8. The lowest BCUT2D eigenvalue weighted by atomic mass is 10.0. The van der Waals surface area contributed by atoms with Crippen LogP contribution in [0.3, 0.4) is 0 Å². The van der Waals surface area contributed by atoms with Crippen LogP contribution in [0.5, 0.6) is 0 Å². The molecular formula is C15H33N3O2S. The number of piperidine rings is 1. The van der Waals surface area contributed by atoms with E-state index in [4.69, 9.17) is 0 Å². The Balaban J connectivity index is 2.68. The first kappa shape index (κ1) is 18.9. The SMILES string of the molecule is CC(C)CC(C)NS(=O)(=O)N1CCCCC1CNC(C)C. The van der Waals surface area contributed by atoms with E-state index in [1.807, 2.05) is 6.92 Å². The van der Waals surface area contributed by atoms with Gasteiger partial charge in [-0.3, -0.25) is 0 Å². The predicted octanol–water partition coefficient (Wildman–Crippen LogP) is 2.11. The normalized spacial score (nSPS) is 22.9. The van der Waals surface area contributed by atoms with Gasteiger partial charge in [-0.1, -0.05) is 34.1 Å². The van der Waals surface area contributed by atoms with Crippen molar-refractivity contribution in [2.75, 3.05) is 13.1 Å². The molecule has 0 aromatic carbocycles. The van der Waals surface area contributed by atoms with E-state index in [0.717, 1.165) is 32.2 Å². The Morgan fingerprint density at radius 1 is 1.14 bits per heavy atom. The van der Waals surface area contributed by atoms with Crippen LogP contribution in [0.2, 0.25) is 0 Å². The predicted molar refractivity (Wildman–Crippen MR) is 88.5 cm³/mol. The van der Waals surface area contributed by atoms with E-state index in [1.165, 1.54) is 0 Å². The lowest BCUT2D eigenvalue weighted by Crippen LogP contribution is -2.54. The Bertz CT molecular complexity index is 396. The zero-order valence-electron chi connectivity index (χ0n) is 14.2. The molecule has 0 bridgehead atoms. The fourth-order valence-electron chi connectivity index (χ4n) is 2.94. The zero-order chi connectivity index (χ0) is 16.0. The minimum Gasteiger partial charge on any atom is -0.313 e. The molecule has 6 heteroatoms. The van der Waals surface area contributed by atoms with Gasteiger partial charge in [0.15, 0.2) is 0 Å². The number of nitrogens with one attached hydrogen (secondary N) is 2. The summed E-state index contributed by atoms with van der Waals surface area (Å²) in [5, 5.41) is 3.37. The van der Waals surface area contributed by atoms with Gasteiger partial charge in [-0.05, 0) is 32.1 Å². The van der Waals surface area contributed by atoms with Crippen LogP contribution in [0.1, 0.15) is 60.3 Å². The molecule has 2 N–H and O–H groups in total. The highest BCUT2D eigenvalue weighted by Crippen LogP contribution is 2.20. The van der Waals surface area contributed by atoms with Gasteiger partial charge in [0.05, 0.1) is 0 Å². The monoisotopic (exact) mass is 319 g/mol. The van der Waals surface area contributed by atoms with Crippen molar-refractivity contribution in [3.05, 3.63) is 0 Å². The quantitative estimate of drug-likeness (QED) is 0.720. The van der Waals surface area contributed by atoms with E-state index >= 15 is 0 Å². The summed E-state index contributed by atoms with van der Waals surface area (Å²) in [4.78, 5) is 0. The van der Waals surface area contributed by atoms with E-state index in [-0.39, 0.29) is 12.1 Å². The number of hydrogen-bond acceptors (Lipinski definition) is 3. The largest absolute Gasteiger partial charge is 0.313 e. The minimum absolute atomic E-state index is 0.0179. The van der Waals surface area contributed by atoms with E-state index in [0.29, 0.717) is 18.5 Å². The van der Waals surface area contributed by atoms with E-state index in [2.05, 4.69) is 37.7 Å². The molecule has 1 aliphatic heterocycles. The summed E-state index contributed by atoms with van der Waals surface area (Å²) in [6.07, 6.45) is 3.87. The van der Waals surface area contributed by atoms with Gasteiger partial charge in [0.25, 0.3) is 10.2 Å². The first-order valence-corrected chi connectivity index (χ1v) is 9.69. The molecule has 0 radical (unpaired) electrons. The topological polar surface area (TPSA) is 61.4 Å². The van der Waals surface area contributed by atoms with Crippen LogP contribution in [0.25, 0.3) is 0 Å². The molecular weight excluding hydrogens is 286 g/mol. The molecule has 2 atom stereocenters. The fourth-order valence-corrected chi connectivity index (χ4v) is 4.63. The summed E-state index contributed by atoms with van der Waals surface area (Å²) in [7, 11) is -3.38. The summed E-state index contributed by atoms with van der Waals surface area (Å²) in [6, 6.07) is 0.435. The first-order chi connectivity index (χ1) is 9.72. The van der Waals surface area contributed by atoms with Gasteiger partial charge in [0.2, 0.25) is 0 Å². The standard InChI is InChI=1S/C15H33N3O2S/c1-12(2)10-14(5)17-21(19,20)18-9-7-6-8-15(18)11-16-13(3)4/h12-17H,6-11H2,1-5H3. The molecule has 1 rings (SSSR count). The van der Waals surface area contributed by atoms with E-state index in [1.54, 1.807) is 4.31 Å². The minimum atomic E-state index is -3.38. The molecule has 2 unspecified atom stereocenters. The van der Waals surface area contributed by atoms with Crippen molar-refractivity contribution in [3.63, 3.8) is 0 Å². The van der Waals surface area contributed by atoms with Gasteiger partial charge >= 0.3 is 0 Å². The molecule has 0 amide bonds. The summed E-state index contributed by atoms with van der Waals surface area (Å²) >= 11 is 0. The van der Waals surface area contributed by atoms with Crippen molar-refractivity contribution in [1.29, 1.82) is 0 Å². The van der Waals surface area contributed by atoms with Crippen LogP contribution in [0.15, 0.2) is 0 Å². The van der Waals surface area contributed by atoms with Crippen LogP contribution < -0.4 is 10.0 Å². The highest BCUT2D eigenvalue weighted by molar-refractivity contribution is 7.87. The summed E-state index contributed by atoms with van der Waals surface area (Å²) in [5.74, 6) is 0.488. The summed E-state index contributed by atoms with van der Waals surface area (Å²) in [6.45, 7) is 11.7. The van der Waals surface area contributed by atoms with Crippen LogP contribution in [0, 0.1) is 5.92 Å². The van der Waals surface area contributed by atoms with Crippen molar-refractivity contribution in [2.24, 2.45) is 5.92 Å². The molecule has 1 fully saturated rings. The van der Waals surface area contributed by atoms with Crippen LogP contribution in [-0.2, 0) is 10.2 Å². The average Bonchev–Trinajstić information content (AvgIpc) is 2.34. The van der Waals surface area contributed by atoms with Crippen molar-refractivity contribution in [2.45, 2.75) is 78.4 Å². The third-order valence-corrected chi connectivity index (χ3v) is 5.62. The Labute approximate surface area is 131 Å². The van der Waals surface area contributed by atoms with Gasteiger partial charge < -0.3 is 5.32 Å². The van der Waals surface area contributed by atoms with Crippen LogP contribution >= 0.6 is 0 Å². The Hall–Kier alpha value is -0.170. The van der Waals surface area contributed by atoms with Gasteiger partial charge in [-0.25, -0.2) is 0 Å². The fraction of sp³-hybridized carbons (Fsp3) is 1.00. The molecule has 0 aliphatic carbocycles. The molecule has 1 heterocycles. The molecule has 1 saturated heterocycles. The smallest absolute Gasteiger partial charge is 0.279 e. The molecule has 0 saturated carbocycles. The van der Waals surface area contributed by atoms with Crippen molar-refractivity contribution >= 4 is 10.2 Å². The molecule has 1 aliphatic rings. The van der Waals surface area contributed by atoms with Crippen LogP contribution in [0.4, 0.5) is 0 Å². The molecule has 0 aromatic rings. The second kappa shape index (κ2) is 8.46. The highest BCUT2D eigenvalue weighted by Gasteiger charge is 2.32. The highest BCUT2D eigenvalue weighted by atomic mass is 32.2. The second-order valence-electron chi connectivity index (χ2n) is 6.98. The maximum Gasteiger partial charge on any atom is 0.279 e. The maximum absolute atomic E-state index is 12.6. The molecule has 5 nitrogen and oxygen atoms in total. The van der Waals surface area contributed by atoms with Gasteiger partial charge in [0.1, 0.15) is 0 Å². The van der Waals surface area contributed by atoms with Crippen LogP contribution in [-0.4, -0.2) is 43.9 Å². The van der Waals surface area contributed by atoms with Gasteiger partial charge in [-0.15, -0.1) is 0 Å². The van der Waals surface area contributed by atoms with E-state index in [9.17, 15) is 8.42 Å². The van der Waals surface area contributed by atoms with Crippen molar-refractivity contribution in [1.82, 2.24) is 14.3 Å². The first-order valence-electron chi connectivity index (χ1n) is 8.25. The summed E-state index contributed by atoms with van der Waals surface area (Å²) in [5.41, 5.74) is 0. The lowest BCUT2D eigenvalue weighted by Gasteiger charge is -2.36. The van der Waals surface area contributed by atoms with Crippen molar-refractivity contribution in [3.8, 4) is 0 Å². The third kappa shape index (κ3) is 6.63. The number of nitrogens with zero attached hydrogens (tertiary/aromatic N) is 1. The lowest BCUT2D eigenvalue weighted by molar-refractivity contribution is 0.237. The van der Waals surface area contributed by atoms with Gasteiger partial charge in [0, 0.05) is 31.2 Å². The van der Waals surface area contributed by atoms with Gasteiger partial charge in [-0.2, -0.15) is 17.4 Å².